The first-order chi connectivity index (χ1) is 9.91. The van der Waals surface area contributed by atoms with E-state index in [0.29, 0.717) is 6.61 Å². The van der Waals surface area contributed by atoms with Crippen LogP contribution in [0.1, 0.15) is 12.5 Å². The molecule has 0 aliphatic rings. The number of anilines is 1. The van der Waals surface area contributed by atoms with Crippen molar-refractivity contribution in [1.82, 2.24) is 9.97 Å². The van der Waals surface area contributed by atoms with Gasteiger partial charge in [0.1, 0.15) is 12.1 Å². The monoisotopic (exact) mass is 299 g/mol. The van der Waals surface area contributed by atoms with Crippen molar-refractivity contribution in [3.05, 3.63) is 36.2 Å². The first-order valence-corrected chi connectivity index (χ1v) is 6.00. The van der Waals surface area contributed by atoms with Crippen LogP contribution >= 0.6 is 0 Å². The lowest BCUT2D eigenvalue weighted by atomic mass is 10.2. The van der Waals surface area contributed by atoms with Crippen molar-refractivity contribution in [2.75, 3.05) is 12.3 Å². The average molecular weight is 299 g/mol. The fourth-order valence-electron chi connectivity index (χ4n) is 1.52. The maximum atomic E-state index is 12.5. The van der Waals surface area contributed by atoms with E-state index in [1.807, 2.05) is 0 Å². The molecule has 0 saturated carbocycles. The molecule has 1 aromatic carbocycles. The SMILES string of the molecule is CCOc1ncnc(Oc2ccc(C(F)(F)F)cc2)c1N. The number of hydrogen-bond acceptors (Lipinski definition) is 5. The van der Waals surface area contributed by atoms with E-state index < -0.39 is 11.7 Å². The molecule has 112 valence electrons. The van der Waals surface area contributed by atoms with E-state index in [-0.39, 0.29) is 23.2 Å². The number of nitrogens with zero attached hydrogens (tertiary/aromatic N) is 2. The van der Waals surface area contributed by atoms with E-state index >= 15 is 0 Å². The molecule has 0 atom stereocenters. The Hall–Kier alpha value is -2.51. The Balaban J connectivity index is 2.20. The van der Waals surface area contributed by atoms with Gasteiger partial charge in [-0.1, -0.05) is 0 Å². The van der Waals surface area contributed by atoms with Crippen LogP contribution in [-0.2, 0) is 6.18 Å². The van der Waals surface area contributed by atoms with Crippen LogP contribution in [0.5, 0.6) is 17.5 Å². The normalized spacial score (nSPS) is 11.2. The summed E-state index contributed by atoms with van der Waals surface area (Å²) in [7, 11) is 0. The minimum absolute atomic E-state index is 0.0215. The van der Waals surface area contributed by atoms with Gasteiger partial charge in [0.25, 0.3) is 0 Å². The van der Waals surface area contributed by atoms with Crippen molar-refractivity contribution >= 4 is 5.69 Å². The number of halogens is 3. The standard InChI is InChI=1S/C13H12F3N3O2/c1-2-20-11-10(17)12(19-7-18-11)21-9-5-3-8(4-6-9)13(14,15)16/h3-7H,2,17H2,1H3. The Morgan fingerprint density at radius 1 is 1.10 bits per heavy atom. The summed E-state index contributed by atoms with van der Waals surface area (Å²) in [5.74, 6) is 0.360. The highest BCUT2D eigenvalue weighted by Crippen LogP contribution is 2.33. The molecule has 0 aliphatic carbocycles. The van der Waals surface area contributed by atoms with Crippen molar-refractivity contribution in [3.8, 4) is 17.5 Å². The average Bonchev–Trinajstić information content (AvgIpc) is 2.43. The summed E-state index contributed by atoms with van der Waals surface area (Å²) in [5, 5.41) is 0. The van der Waals surface area contributed by atoms with E-state index in [1.165, 1.54) is 18.5 Å². The Morgan fingerprint density at radius 2 is 1.71 bits per heavy atom. The van der Waals surface area contributed by atoms with Gasteiger partial charge in [0.2, 0.25) is 11.8 Å². The van der Waals surface area contributed by atoms with Gasteiger partial charge in [-0.2, -0.15) is 23.1 Å². The van der Waals surface area contributed by atoms with Crippen molar-refractivity contribution in [3.63, 3.8) is 0 Å². The number of hydrogen-bond donors (Lipinski definition) is 1. The van der Waals surface area contributed by atoms with Crippen LogP contribution in [0.25, 0.3) is 0 Å². The number of rotatable bonds is 4. The molecule has 21 heavy (non-hydrogen) atoms. The van der Waals surface area contributed by atoms with E-state index in [9.17, 15) is 13.2 Å². The molecule has 0 bridgehead atoms. The van der Waals surface area contributed by atoms with Crippen LogP contribution in [0.15, 0.2) is 30.6 Å². The highest BCUT2D eigenvalue weighted by atomic mass is 19.4. The van der Waals surface area contributed by atoms with Crippen LogP contribution in [-0.4, -0.2) is 16.6 Å². The Morgan fingerprint density at radius 3 is 2.29 bits per heavy atom. The third-order valence-corrected chi connectivity index (χ3v) is 2.49. The third-order valence-electron chi connectivity index (χ3n) is 2.49. The Labute approximate surface area is 118 Å². The molecule has 2 N–H and O–H groups in total. The van der Waals surface area contributed by atoms with Gasteiger partial charge in [0, 0.05) is 0 Å². The van der Waals surface area contributed by atoms with E-state index in [0.717, 1.165) is 12.1 Å². The van der Waals surface area contributed by atoms with E-state index in [1.54, 1.807) is 6.92 Å². The van der Waals surface area contributed by atoms with Crippen LogP contribution in [0.4, 0.5) is 18.9 Å². The second-order valence-electron chi connectivity index (χ2n) is 3.95. The van der Waals surface area contributed by atoms with E-state index in [2.05, 4.69) is 9.97 Å². The fourth-order valence-corrected chi connectivity index (χ4v) is 1.52. The number of nitrogens with two attached hydrogens (primary N) is 1. The van der Waals surface area contributed by atoms with Crippen molar-refractivity contribution in [2.45, 2.75) is 13.1 Å². The molecule has 2 aromatic rings. The molecule has 0 amide bonds. The quantitative estimate of drug-likeness (QED) is 0.938. The molecule has 2 rings (SSSR count). The van der Waals surface area contributed by atoms with Gasteiger partial charge in [0.15, 0.2) is 5.69 Å². The smallest absolute Gasteiger partial charge is 0.416 e. The van der Waals surface area contributed by atoms with Crippen LogP contribution in [0.2, 0.25) is 0 Å². The number of nitrogen functional groups attached to an aromatic ring is 1. The minimum atomic E-state index is -4.39. The van der Waals surface area contributed by atoms with Crippen molar-refractivity contribution in [2.24, 2.45) is 0 Å². The zero-order valence-corrected chi connectivity index (χ0v) is 11.0. The molecule has 1 aromatic heterocycles. The lowest BCUT2D eigenvalue weighted by Crippen LogP contribution is -2.05. The molecule has 1 heterocycles. The molecule has 8 heteroatoms. The van der Waals surface area contributed by atoms with Gasteiger partial charge in [-0.05, 0) is 31.2 Å². The fraction of sp³-hybridized carbons (Fsp3) is 0.231. The van der Waals surface area contributed by atoms with E-state index in [4.69, 9.17) is 15.2 Å². The first-order valence-electron chi connectivity index (χ1n) is 6.00. The van der Waals surface area contributed by atoms with Gasteiger partial charge >= 0.3 is 6.18 Å². The molecule has 5 nitrogen and oxygen atoms in total. The van der Waals surface area contributed by atoms with Gasteiger partial charge in [-0.3, -0.25) is 0 Å². The summed E-state index contributed by atoms with van der Waals surface area (Å²) in [4.78, 5) is 7.66. The number of ether oxygens (including phenoxy) is 2. The number of benzene rings is 1. The zero-order chi connectivity index (χ0) is 15.5. The summed E-state index contributed by atoms with van der Waals surface area (Å²) in [6.07, 6.45) is -3.20. The highest BCUT2D eigenvalue weighted by Gasteiger charge is 2.30. The molecule has 0 unspecified atom stereocenters. The molecular weight excluding hydrogens is 287 g/mol. The largest absolute Gasteiger partial charge is 0.476 e. The second-order valence-corrected chi connectivity index (χ2v) is 3.95. The maximum absolute atomic E-state index is 12.5. The van der Waals surface area contributed by atoms with Crippen molar-refractivity contribution < 1.29 is 22.6 Å². The predicted octanol–water partition coefficient (Wildman–Crippen LogP) is 3.27. The molecule has 0 spiro atoms. The molecule has 0 saturated heterocycles. The lowest BCUT2D eigenvalue weighted by Gasteiger charge is -2.11. The van der Waals surface area contributed by atoms with Crippen LogP contribution < -0.4 is 15.2 Å². The minimum Gasteiger partial charge on any atom is -0.476 e. The van der Waals surface area contributed by atoms with Gasteiger partial charge in [-0.25, -0.2) is 0 Å². The van der Waals surface area contributed by atoms with Gasteiger partial charge in [0.05, 0.1) is 12.2 Å². The molecular formula is C13H12F3N3O2. The second kappa shape index (κ2) is 5.86. The Kier molecular flexibility index (Phi) is 4.15. The first kappa shape index (κ1) is 14.9. The maximum Gasteiger partial charge on any atom is 0.416 e. The summed E-state index contributed by atoms with van der Waals surface area (Å²) in [6, 6.07) is 4.20. The molecule has 0 aliphatic heterocycles. The lowest BCUT2D eigenvalue weighted by molar-refractivity contribution is -0.137. The third kappa shape index (κ3) is 3.53. The predicted molar refractivity (Wildman–Crippen MR) is 69.1 cm³/mol. The summed E-state index contributed by atoms with van der Waals surface area (Å²) in [5.41, 5.74) is 5.08. The summed E-state index contributed by atoms with van der Waals surface area (Å²) < 4.78 is 47.9. The van der Waals surface area contributed by atoms with Crippen LogP contribution in [0, 0.1) is 0 Å². The topological polar surface area (TPSA) is 70.3 Å². The molecule has 0 radical (unpaired) electrons. The van der Waals surface area contributed by atoms with Gasteiger partial charge in [-0.15, -0.1) is 0 Å². The summed E-state index contributed by atoms with van der Waals surface area (Å²) in [6.45, 7) is 2.12. The van der Waals surface area contributed by atoms with Gasteiger partial charge < -0.3 is 15.2 Å². The highest BCUT2D eigenvalue weighted by molar-refractivity contribution is 5.56. The number of alkyl halides is 3. The number of aromatic nitrogens is 2. The molecule has 0 fully saturated rings. The van der Waals surface area contributed by atoms with Crippen LogP contribution in [0.3, 0.4) is 0 Å². The zero-order valence-electron chi connectivity index (χ0n) is 11.0. The van der Waals surface area contributed by atoms with Crippen molar-refractivity contribution in [1.29, 1.82) is 0 Å². The summed E-state index contributed by atoms with van der Waals surface area (Å²) >= 11 is 0. The Bertz CT molecular complexity index is 615.